The van der Waals surface area contributed by atoms with Gasteiger partial charge in [0.1, 0.15) is 11.5 Å². The molecule has 2 atom stereocenters. The molecule has 0 saturated heterocycles. The Morgan fingerprint density at radius 2 is 1.95 bits per heavy atom. The van der Waals surface area contributed by atoms with E-state index in [0.29, 0.717) is 6.04 Å². The molecule has 0 radical (unpaired) electrons. The summed E-state index contributed by atoms with van der Waals surface area (Å²) in [6.45, 7) is 4.48. The van der Waals surface area contributed by atoms with Gasteiger partial charge in [-0.2, -0.15) is 0 Å². The minimum absolute atomic E-state index is 0.189. The quantitative estimate of drug-likeness (QED) is 0.760. The van der Waals surface area contributed by atoms with Gasteiger partial charge in [0.25, 0.3) is 0 Å². The van der Waals surface area contributed by atoms with E-state index in [1.165, 1.54) is 0 Å². The SMILES string of the molecule is COc1ccc(C(C)NC(C)CCCO)c(OC)c1. The molecule has 4 nitrogen and oxygen atoms in total. The van der Waals surface area contributed by atoms with Gasteiger partial charge < -0.3 is 19.9 Å². The summed E-state index contributed by atoms with van der Waals surface area (Å²) >= 11 is 0. The van der Waals surface area contributed by atoms with E-state index in [0.717, 1.165) is 29.9 Å². The smallest absolute Gasteiger partial charge is 0.127 e. The predicted octanol–water partition coefficient (Wildman–Crippen LogP) is 2.52. The molecule has 0 amide bonds. The Morgan fingerprint density at radius 3 is 2.53 bits per heavy atom. The van der Waals surface area contributed by atoms with Crippen LogP contribution >= 0.6 is 0 Å². The van der Waals surface area contributed by atoms with E-state index in [9.17, 15) is 0 Å². The third kappa shape index (κ3) is 4.73. The summed E-state index contributed by atoms with van der Waals surface area (Å²) in [6.07, 6.45) is 1.78. The second kappa shape index (κ2) is 8.02. The molecule has 0 aromatic heterocycles. The largest absolute Gasteiger partial charge is 0.497 e. The maximum Gasteiger partial charge on any atom is 0.127 e. The lowest BCUT2D eigenvalue weighted by Crippen LogP contribution is -2.29. The molecule has 0 bridgehead atoms. The Morgan fingerprint density at radius 1 is 1.21 bits per heavy atom. The lowest BCUT2D eigenvalue weighted by atomic mass is 10.0. The van der Waals surface area contributed by atoms with Crippen LogP contribution in [0.3, 0.4) is 0 Å². The van der Waals surface area contributed by atoms with Crippen LogP contribution in [0.25, 0.3) is 0 Å². The molecule has 0 heterocycles. The van der Waals surface area contributed by atoms with Crippen molar-refractivity contribution >= 4 is 0 Å². The van der Waals surface area contributed by atoms with Crippen molar-refractivity contribution in [3.63, 3.8) is 0 Å². The van der Waals surface area contributed by atoms with Crippen LogP contribution in [-0.2, 0) is 0 Å². The lowest BCUT2D eigenvalue weighted by Gasteiger charge is -2.22. The van der Waals surface area contributed by atoms with Gasteiger partial charge in [-0.3, -0.25) is 0 Å². The molecule has 0 spiro atoms. The number of benzene rings is 1. The monoisotopic (exact) mass is 267 g/mol. The fourth-order valence-corrected chi connectivity index (χ4v) is 2.17. The highest BCUT2D eigenvalue weighted by Gasteiger charge is 2.14. The third-order valence-corrected chi connectivity index (χ3v) is 3.24. The molecule has 2 unspecified atom stereocenters. The molecule has 108 valence electrons. The van der Waals surface area contributed by atoms with Gasteiger partial charge in [-0.25, -0.2) is 0 Å². The molecule has 1 aromatic rings. The summed E-state index contributed by atoms with van der Waals surface area (Å²) in [5, 5.41) is 12.4. The number of hydrogen-bond acceptors (Lipinski definition) is 4. The van der Waals surface area contributed by atoms with Crippen LogP contribution in [0.15, 0.2) is 18.2 Å². The molecule has 1 rings (SSSR count). The number of hydrogen-bond donors (Lipinski definition) is 2. The van der Waals surface area contributed by atoms with E-state index < -0.39 is 0 Å². The Bertz CT molecular complexity index is 382. The van der Waals surface area contributed by atoms with Crippen molar-refractivity contribution in [3.8, 4) is 11.5 Å². The maximum absolute atomic E-state index is 8.84. The van der Waals surface area contributed by atoms with Crippen LogP contribution in [0.5, 0.6) is 11.5 Å². The Kier molecular flexibility index (Phi) is 6.67. The minimum atomic E-state index is 0.189. The first-order valence-corrected chi connectivity index (χ1v) is 6.71. The highest BCUT2D eigenvalue weighted by Crippen LogP contribution is 2.29. The minimum Gasteiger partial charge on any atom is -0.497 e. The standard InChI is InChI=1S/C15H25NO3/c1-11(6-5-9-17)16-12(2)14-8-7-13(18-3)10-15(14)19-4/h7-8,10-12,16-17H,5-6,9H2,1-4H3. The molecule has 1 aromatic carbocycles. The van der Waals surface area contributed by atoms with Gasteiger partial charge in [-0.15, -0.1) is 0 Å². The topological polar surface area (TPSA) is 50.7 Å². The zero-order chi connectivity index (χ0) is 14.3. The molecule has 2 N–H and O–H groups in total. The molecular weight excluding hydrogens is 242 g/mol. The van der Waals surface area contributed by atoms with Crippen LogP contribution in [0.1, 0.15) is 38.3 Å². The van der Waals surface area contributed by atoms with Crippen LogP contribution < -0.4 is 14.8 Å². The average Bonchev–Trinajstić information content (AvgIpc) is 2.44. The fraction of sp³-hybridized carbons (Fsp3) is 0.600. The van der Waals surface area contributed by atoms with Crippen LogP contribution in [-0.4, -0.2) is 32.0 Å². The van der Waals surface area contributed by atoms with Crippen molar-refractivity contribution in [3.05, 3.63) is 23.8 Å². The molecule has 0 fully saturated rings. The summed E-state index contributed by atoms with van der Waals surface area (Å²) in [4.78, 5) is 0. The molecular formula is C15H25NO3. The summed E-state index contributed by atoms with van der Waals surface area (Å²) in [5.41, 5.74) is 1.11. The third-order valence-electron chi connectivity index (χ3n) is 3.24. The first kappa shape index (κ1) is 15.8. The summed E-state index contributed by atoms with van der Waals surface area (Å²) in [5.74, 6) is 1.62. The summed E-state index contributed by atoms with van der Waals surface area (Å²) in [6, 6.07) is 6.40. The van der Waals surface area contributed by atoms with E-state index in [2.05, 4.69) is 19.2 Å². The highest BCUT2D eigenvalue weighted by molar-refractivity contribution is 5.42. The second-order valence-corrected chi connectivity index (χ2v) is 4.76. The van der Waals surface area contributed by atoms with Crippen molar-refractivity contribution in [2.45, 2.75) is 38.8 Å². The zero-order valence-corrected chi connectivity index (χ0v) is 12.3. The second-order valence-electron chi connectivity index (χ2n) is 4.76. The predicted molar refractivity (Wildman–Crippen MR) is 76.9 cm³/mol. The van der Waals surface area contributed by atoms with Gasteiger partial charge in [-0.05, 0) is 32.8 Å². The van der Waals surface area contributed by atoms with E-state index in [-0.39, 0.29) is 12.6 Å². The van der Waals surface area contributed by atoms with Crippen molar-refractivity contribution < 1.29 is 14.6 Å². The number of ether oxygens (including phenoxy) is 2. The molecule has 4 heteroatoms. The Labute approximate surface area is 115 Å². The van der Waals surface area contributed by atoms with E-state index >= 15 is 0 Å². The lowest BCUT2D eigenvalue weighted by molar-refractivity contribution is 0.274. The Balaban J connectivity index is 2.72. The van der Waals surface area contributed by atoms with Crippen LogP contribution in [0.2, 0.25) is 0 Å². The molecule has 19 heavy (non-hydrogen) atoms. The maximum atomic E-state index is 8.84. The van der Waals surface area contributed by atoms with E-state index in [4.69, 9.17) is 14.6 Å². The summed E-state index contributed by atoms with van der Waals surface area (Å²) < 4.78 is 10.6. The Hall–Kier alpha value is -1.26. The molecule has 0 saturated carbocycles. The first-order chi connectivity index (χ1) is 9.12. The molecule has 0 aliphatic rings. The van der Waals surface area contributed by atoms with Gasteiger partial charge in [0.15, 0.2) is 0 Å². The fourth-order valence-electron chi connectivity index (χ4n) is 2.17. The average molecular weight is 267 g/mol. The van der Waals surface area contributed by atoms with Gasteiger partial charge in [0.05, 0.1) is 14.2 Å². The normalized spacial score (nSPS) is 13.9. The molecule has 0 aliphatic carbocycles. The first-order valence-electron chi connectivity index (χ1n) is 6.71. The van der Waals surface area contributed by atoms with E-state index in [1.54, 1.807) is 14.2 Å². The van der Waals surface area contributed by atoms with Crippen molar-refractivity contribution in [2.24, 2.45) is 0 Å². The van der Waals surface area contributed by atoms with Gasteiger partial charge in [0, 0.05) is 30.3 Å². The van der Waals surface area contributed by atoms with Crippen molar-refractivity contribution in [1.82, 2.24) is 5.32 Å². The number of rotatable bonds is 8. The molecule has 0 aliphatic heterocycles. The zero-order valence-electron chi connectivity index (χ0n) is 12.3. The van der Waals surface area contributed by atoms with Crippen molar-refractivity contribution in [1.29, 1.82) is 0 Å². The van der Waals surface area contributed by atoms with Gasteiger partial charge >= 0.3 is 0 Å². The van der Waals surface area contributed by atoms with E-state index in [1.807, 2.05) is 18.2 Å². The summed E-state index contributed by atoms with van der Waals surface area (Å²) in [7, 11) is 3.31. The van der Waals surface area contributed by atoms with Gasteiger partial charge in [-0.1, -0.05) is 6.07 Å². The number of aliphatic hydroxyl groups is 1. The number of nitrogens with one attached hydrogen (secondary N) is 1. The van der Waals surface area contributed by atoms with Gasteiger partial charge in [0.2, 0.25) is 0 Å². The van der Waals surface area contributed by atoms with Crippen molar-refractivity contribution in [2.75, 3.05) is 20.8 Å². The number of aliphatic hydroxyl groups excluding tert-OH is 1. The number of methoxy groups -OCH3 is 2. The van der Waals surface area contributed by atoms with Crippen LogP contribution in [0, 0.1) is 0 Å². The highest BCUT2D eigenvalue weighted by atomic mass is 16.5. The van der Waals surface area contributed by atoms with Crippen LogP contribution in [0.4, 0.5) is 0 Å².